The summed E-state index contributed by atoms with van der Waals surface area (Å²) in [6, 6.07) is 23.5. The van der Waals surface area contributed by atoms with Crippen molar-refractivity contribution in [2.45, 2.75) is 13.8 Å². The van der Waals surface area contributed by atoms with Crippen molar-refractivity contribution >= 4 is 45.3 Å². The summed E-state index contributed by atoms with van der Waals surface area (Å²) in [4.78, 5) is 18.7. The van der Waals surface area contributed by atoms with Crippen molar-refractivity contribution in [3.8, 4) is 17.1 Å². The van der Waals surface area contributed by atoms with Gasteiger partial charge in [0.15, 0.2) is 11.5 Å². The van der Waals surface area contributed by atoms with Crippen LogP contribution in [0.4, 0.5) is 17.1 Å². The summed E-state index contributed by atoms with van der Waals surface area (Å²) in [5, 5.41) is 9.65. The second-order valence-electron chi connectivity index (χ2n) is 11.0. The molecule has 1 saturated heterocycles. The smallest absolute Gasteiger partial charge is 0.196 e. The van der Waals surface area contributed by atoms with E-state index in [2.05, 4.69) is 58.4 Å². The predicted molar refractivity (Wildman–Crippen MR) is 168 cm³/mol. The van der Waals surface area contributed by atoms with Gasteiger partial charge in [0.05, 0.1) is 22.3 Å². The number of nitrogens with zero attached hydrogens (tertiary/aromatic N) is 3. The van der Waals surface area contributed by atoms with Crippen molar-refractivity contribution < 1.29 is 14.1 Å². The predicted octanol–water partition coefficient (Wildman–Crippen LogP) is 7.25. The van der Waals surface area contributed by atoms with E-state index >= 15 is 0 Å². The van der Waals surface area contributed by atoms with Crippen LogP contribution in [0, 0.1) is 13.8 Å². The highest BCUT2D eigenvalue weighted by Gasteiger charge is 2.34. The fourth-order valence-corrected chi connectivity index (χ4v) is 6.06. The molecule has 1 aromatic heterocycles. The Labute approximate surface area is 249 Å². The molecule has 2 heterocycles. The Morgan fingerprint density at radius 1 is 0.929 bits per heavy atom. The molecule has 0 saturated carbocycles. The maximum atomic E-state index is 14.0. The lowest BCUT2D eigenvalue weighted by Crippen LogP contribution is -2.47. The van der Waals surface area contributed by atoms with Crippen molar-refractivity contribution in [1.82, 2.24) is 10.1 Å². The largest absolute Gasteiger partial charge is 0.492 e. The zero-order valence-electron chi connectivity index (χ0n) is 23.6. The number of nitrogens with one attached hydrogen (secondary N) is 1. The topological polar surface area (TPSA) is 70.8 Å². The second kappa shape index (κ2) is 10.8. The zero-order valence-corrected chi connectivity index (χ0v) is 24.4. The van der Waals surface area contributed by atoms with E-state index in [1.165, 1.54) is 0 Å². The number of fused-ring (bicyclic) bond motifs is 2. The van der Waals surface area contributed by atoms with E-state index in [1.54, 1.807) is 0 Å². The van der Waals surface area contributed by atoms with Gasteiger partial charge >= 0.3 is 0 Å². The second-order valence-corrected chi connectivity index (χ2v) is 11.4. The monoisotopic (exact) mass is 578 g/mol. The van der Waals surface area contributed by atoms with Crippen molar-refractivity contribution in [2.24, 2.45) is 0 Å². The number of hydrogen-bond donors (Lipinski definition) is 1. The summed E-state index contributed by atoms with van der Waals surface area (Å²) in [7, 11) is 0. The normalized spacial score (nSPS) is 14.7. The Kier molecular flexibility index (Phi) is 6.84. The van der Waals surface area contributed by atoms with Gasteiger partial charge in [-0.15, -0.1) is 0 Å². The molecule has 0 bridgehead atoms. The molecule has 2 aliphatic rings. The van der Waals surface area contributed by atoms with Crippen molar-refractivity contribution in [3.05, 3.63) is 100 Å². The summed E-state index contributed by atoms with van der Waals surface area (Å²) in [5.41, 5.74) is 7.75. The van der Waals surface area contributed by atoms with Crippen molar-refractivity contribution in [1.29, 1.82) is 0 Å². The van der Waals surface area contributed by atoms with Crippen LogP contribution < -0.4 is 15.0 Å². The Morgan fingerprint density at radius 3 is 2.48 bits per heavy atom. The first-order valence-corrected chi connectivity index (χ1v) is 14.6. The zero-order chi connectivity index (χ0) is 28.8. The van der Waals surface area contributed by atoms with E-state index in [9.17, 15) is 4.79 Å². The summed E-state index contributed by atoms with van der Waals surface area (Å²) < 4.78 is 11.9. The molecule has 1 fully saturated rings. The van der Waals surface area contributed by atoms with Crippen molar-refractivity contribution in [3.63, 3.8) is 0 Å². The van der Waals surface area contributed by atoms with Crippen molar-refractivity contribution in [2.75, 3.05) is 49.5 Å². The lowest BCUT2D eigenvalue weighted by Gasteiger charge is -2.36. The first-order chi connectivity index (χ1) is 20.5. The lowest BCUT2D eigenvalue weighted by atomic mass is 9.86. The number of aryl methyl sites for hydroxylation is 2. The quantitative estimate of drug-likeness (QED) is 0.214. The molecule has 0 unspecified atom stereocenters. The number of ether oxygens (including phenoxy) is 1. The van der Waals surface area contributed by atoms with Gasteiger partial charge in [0.2, 0.25) is 0 Å². The molecule has 42 heavy (non-hydrogen) atoms. The summed E-state index contributed by atoms with van der Waals surface area (Å²) in [5.74, 6) is 1.46. The molecule has 1 aliphatic carbocycles. The maximum Gasteiger partial charge on any atom is 0.196 e. The lowest BCUT2D eigenvalue weighted by molar-refractivity contribution is 0.104. The third kappa shape index (κ3) is 4.78. The van der Waals surface area contributed by atoms with Gasteiger partial charge in [-0.1, -0.05) is 53.2 Å². The van der Waals surface area contributed by atoms with Gasteiger partial charge in [-0.05, 0) is 61.4 Å². The number of carbonyl (C=O) groups excluding carboxylic acids is 1. The SMILES string of the molecule is Cc1ccc(C)c(Nc2cc(N3CCN(CCOc4ccc(Cl)cc4)CC3)c3noc4c3c2C(=O)c2ccccc2-4)c1. The number of ketones is 1. The molecule has 7 rings (SSSR count). The molecular weight excluding hydrogens is 548 g/mol. The van der Waals surface area contributed by atoms with Gasteiger partial charge < -0.3 is 19.5 Å². The van der Waals surface area contributed by atoms with Crippen LogP contribution in [0.5, 0.6) is 5.75 Å². The molecule has 5 aromatic rings. The Bertz CT molecular complexity index is 1810. The molecule has 0 radical (unpaired) electrons. The molecule has 0 spiro atoms. The Balaban J connectivity index is 1.19. The van der Waals surface area contributed by atoms with Gasteiger partial charge in [0, 0.05) is 54.6 Å². The number of aromatic nitrogens is 1. The van der Waals surface area contributed by atoms with E-state index in [-0.39, 0.29) is 5.78 Å². The summed E-state index contributed by atoms with van der Waals surface area (Å²) in [6.07, 6.45) is 0. The number of carbonyl (C=O) groups is 1. The van der Waals surface area contributed by atoms with Gasteiger partial charge in [-0.2, -0.15) is 0 Å². The molecule has 1 aliphatic heterocycles. The average molecular weight is 579 g/mol. The highest BCUT2D eigenvalue weighted by atomic mass is 35.5. The number of rotatable bonds is 7. The fraction of sp³-hybridized carbons (Fsp3) is 0.235. The highest BCUT2D eigenvalue weighted by Crippen LogP contribution is 2.46. The fourth-order valence-electron chi connectivity index (χ4n) is 5.93. The van der Waals surface area contributed by atoms with Crippen LogP contribution in [-0.4, -0.2) is 55.2 Å². The molecule has 0 amide bonds. The average Bonchev–Trinajstić information content (AvgIpc) is 3.45. The molecular formula is C34H31ClN4O3. The molecule has 7 nitrogen and oxygen atoms in total. The van der Waals surface area contributed by atoms with E-state index in [0.29, 0.717) is 28.5 Å². The molecule has 1 N–H and O–H groups in total. The minimum atomic E-state index is -0.0174. The third-order valence-corrected chi connectivity index (χ3v) is 8.50. The third-order valence-electron chi connectivity index (χ3n) is 8.24. The van der Waals surface area contributed by atoms with Gasteiger partial charge in [0.25, 0.3) is 0 Å². The van der Waals surface area contributed by atoms with Crippen LogP contribution in [0.25, 0.3) is 22.2 Å². The first-order valence-electron chi connectivity index (χ1n) is 14.3. The van der Waals surface area contributed by atoms with E-state index in [0.717, 1.165) is 83.1 Å². The molecule has 0 atom stereocenters. The van der Waals surface area contributed by atoms with Crippen LogP contribution >= 0.6 is 11.6 Å². The first kappa shape index (κ1) is 26.6. The highest BCUT2D eigenvalue weighted by molar-refractivity contribution is 6.30. The Hall–Kier alpha value is -4.33. The van der Waals surface area contributed by atoms with Gasteiger partial charge in [-0.3, -0.25) is 9.69 Å². The van der Waals surface area contributed by atoms with Crippen LogP contribution in [-0.2, 0) is 0 Å². The molecule has 212 valence electrons. The molecule has 4 aromatic carbocycles. The number of benzene rings is 4. The Morgan fingerprint density at radius 2 is 1.69 bits per heavy atom. The number of anilines is 3. The van der Waals surface area contributed by atoms with Crippen LogP contribution in [0.2, 0.25) is 5.02 Å². The molecule has 8 heteroatoms. The minimum Gasteiger partial charge on any atom is -0.492 e. The number of piperazine rings is 1. The standard InChI is InChI=1S/C34H31ClN4O3/c1-21-7-8-22(2)27(19-21)36-28-20-29(32-31-30(28)33(40)25-5-3-4-6-26(25)34(31)42-37-32)39-15-13-38(14-16-39)17-18-41-24-11-9-23(35)10-12-24/h3-12,19-20,36H,13-18H2,1-2H3. The summed E-state index contributed by atoms with van der Waals surface area (Å²) >= 11 is 5.98. The number of hydrogen-bond acceptors (Lipinski definition) is 7. The van der Waals surface area contributed by atoms with E-state index in [4.69, 9.17) is 20.9 Å². The van der Waals surface area contributed by atoms with E-state index in [1.807, 2.05) is 48.5 Å². The van der Waals surface area contributed by atoms with Gasteiger partial charge in [-0.25, -0.2) is 0 Å². The van der Waals surface area contributed by atoms with E-state index < -0.39 is 0 Å². The number of halogens is 1. The van der Waals surface area contributed by atoms with Gasteiger partial charge in [0.1, 0.15) is 17.9 Å². The summed E-state index contributed by atoms with van der Waals surface area (Å²) in [6.45, 7) is 9.02. The maximum absolute atomic E-state index is 14.0. The van der Waals surface area contributed by atoms with Crippen LogP contribution in [0.1, 0.15) is 27.0 Å². The minimum absolute atomic E-state index is 0.0174. The van der Waals surface area contributed by atoms with Crippen LogP contribution in [0.15, 0.2) is 77.3 Å². The van der Waals surface area contributed by atoms with Crippen LogP contribution in [0.3, 0.4) is 0 Å².